The third-order valence-corrected chi connectivity index (χ3v) is 9.89. The Kier molecular flexibility index (Phi) is 5.61. The predicted octanol–water partition coefficient (Wildman–Crippen LogP) is 5.89. The molecule has 0 heterocycles. The third-order valence-electron chi connectivity index (χ3n) is 9.89. The summed E-state index contributed by atoms with van der Waals surface area (Å²) in [4.78, 5) is 25.4. The standard InChI is InChI=1S/C27H42O3/c1-17(2)7-6-12-27(5,30)24-23(29)16-22-20-9-8-18-15-19(28)10-13-25(18,3)21(20)11-14-26(22,24)4/h15,17,20-22,24,30H,6-14,16H2,1-5H3/t20-,21+,22+,24+,25+,26+,27?/m1/s1. The lowest BCUT2D eigenvalue weighted by atomic mass is 9.46. The Balaban J connectivity index is 1.58. The molecule has 3 nitrogen and oxygen atoms in total. The molecule has 30 heavy (non-hydrogen) atoms. The predicted molar refractivity (Wildman–Crippen MR) is 120 cm³/mol. The van der Waals surface area contributed by atoms with Crippen LogP contribution < -0.4 is 0 Å². The van der Waals surface area contributed by atoms with Gasteiger partial charge in [-0.3, -0.25) is 9.59 Å². The van der Waals surface area contributed by atoms with Crippen LogP contribution in [0.3, 0.4) is 0 Å². The van der Waals surface area contributed by atoms with E-state index in [9.17, 15) is 14.7 Å². The van der Waals surface area contributed by atoms with E-state index in [1.807, 2.05) is 13.0 Å². The number of Topliss-reactive ketones (excluding diaryl/α,β-unsaturated/α-hetero) is 1. The van der Waals surface area contributed by atoms with Gasteiger partial charge in [-0.2, -0.15) is 0 Å². The maximum absolute atomic E-state index is 13.4. The molecule has 7 atom stereocenters. The first kappa shape index (κ1) is 22.2. The van der Waals surface area contributed by atoms with E-state index < -0.39 is 5.60 Å². The lowest BCUT2D eigenvalue weighted by molar-refractivity contribution is -0.139. The van der Waals surface area contributed by atoms with Gasteiger partial charge >= 0.3 is 0 Å². The van der Waals surface area contributed by atoms with Gasteiger partial charge in [0.2, 0.25) is 0 Å². The van der Waals surface area contributed by atoms with Crippen molar-refractivity contribution in [1.82, 2.24) is 0 Å². The van der Waals surface area contributed by atoms with Gasteiger partial charge in [0.05, 0.1) is 11.5 Å². The van der Waals surface area contributed by atoms with Crippen molar-refractivity contribution >= 4 is 11.6 Å². The number of aliphatic hydroxyl groups is 1. The molecule has 3 saturated carbocycles. The van der Waals surface area contributed by atoms with Gasteiger partial charge in [-0.15, -0.1) is 0 Å². The van der Waals surface area contributed by atoms with Crippen LogP contribution in [0.15, 0.2) is 11.6 Å². The maximum atomic E-state index is 13.4. The molecule has 0 aromatic heterocycles. The zero-order chi connectivity index (χ0) is 21.9. The van der Waals surface area contributed by atoms with E-state index in [-0.39, 0.29) is 16.7 Å². The summed E-state index contributed by atoms with van der Waals surface area (Å²) in [6.07, 6.45) is 11.4. The zero-order valence-electron chi connectivity index (χ0n) is 19.8. The highest BCUT2D eigenvalue weighted by molar-refractivity contribution is 5.91. The molecule has 0 aromatic carbocycles. The minimum Gasteiger partial charge on any atom is -0.389 e. The average molecular weight is 415 g/mol. The number of carbonyl (C=O) groups is 2. The van der Waals surface area contributed by atoms with Crippen molar-refractivity contribution in [3.63, 3.8) is 0 Å². The van der Waals surface area contributed by atoms with E-state index in [1.54, 1.807) is 0 Å². The first-order valence-electron chi connectivity index (χ1n) is 12.5. The second kappa shape index (κ2) is 7.57. The van der Waals surface area contributed by atoms with Gasteiger partial charge in [-0.1, -0.05) is 46.1 Å². The van der Waals surface area contributed by atoms with Gasteiger partial charge in [0.1, 0.15) is 5.78 Å². The Morgan fingerprint density at radius 2 is 1.87 bits per heavy atom. The van der Waals surface area contributed by atoms with Crippen molar-refractivity contribution in [2.24, 2.45) is 40.4 Å². The molecule has 1 N–H and O–H groups in total. The Hall–Kier alpha value is -0.960. The summed E-state index contributed by atoms with van der Waals surface area (Å²) in [5.41, 5.74) is 0.536. The molecule has 0 spiro atoms. The average Bonchev–Trinajstić information content (AvgIpc) is 2.92. The number of fused-ring (bicyclic) bond motifs is 5. The molecular formula is C27H42O3. The summed E-state index contributed by atoms with van der Waals surface area (Å²) < 4.78 is 0. The maximum Gasteiger partial charge on any atom is 0.155 e. The molecule has 0 saturated heterocycles. The fraction of sp³-hybridized carbons (Fsp3) is 0.852. The molecule has 4 rings (SSSR count). The van der Waals surface area contributed by atoms with Gasteiger partial charge in [-0.25, -0.2) is 0 Å². The largest absolute Gasteiger partial charge is 0.389 e. The second-order valence-electron chi connectivity index (χ2n) is 12.3. The fourth-order valence-electron chi connectivity index (χ4n) is 8.42. The van der Waals surface area contributed by atoms with Crippen molar-refractivity contribution in [2.45, 2.75) is 104 Å². The molecule has 4 aliphatic carbocycles. The van der Waals surface area contributed by atoms with Crippen LogP contribution in [-0.4, -0.2) is 22.3 Å². The SMILES string of the molecule is CC(C)CCCC(C)(O)[C@H]1C(=O)C[C@H]2[C@@H]3CCC4=CC(=O)CC[C@]4(C)[C@H]3CC[C@]12C. The van der Waals surface area contributed by atoms with Crippen LogP contribution in [0.1, 0.15) is 98.8 Å². The zero-order valence-corrected chi connectivity index (χ0v) is 19.8. The number of rotatable bonds is 5. The van der Waals surface area contributed by atoms with Crippen LogP contribution in [0, 0.1) is 40.4 Å². The minimum atomic E-state index is -0.900. The summed E-state index contributed by atoms with van der Waals surface area (Å²) in [6, 6.07) is 0. The first-order valence-corrected chi connectivity index (χ1v) is 12.5. The molecule has 4 aliphatic rings. The number of ketones is 2. The summed E-state index contributed by atoms with van der Waals surface area (Å²) >= 11 is 0. The summed E-state index contributed by atoms with van der Waals surface area (Å²) in [5.74, 6) is 2.55. The van der Waals surface area contributed by atoms with Crippen LogP contribution in [0.2, 0.25) is 0 Å². The lowest BCUT2D eigenvalue weighted by Gasteiger charge is -2.58. The number of hydrogen-bond donors (Lipinski definition) is 1. The second-order valence-corrected chi connectivity index (χ2v) is 12.3. The van der Waals surface area contributed by atoms with Crippen LogP contribution in [0.25, 0.3) is 0 Å². The minimum absolute atomic E-state index is 0.0817. The van der Waals surface area contributed by atoms with Crippen molar-refractivity contribution < 1.29 is 14.7 Å². The molecule has 0 bridgehead atoms. The third kappa shape index (κ3) is 3.44. The molecular weight excluding hydrogens is 372 g/mol. The van der Waals surface area contributed by atoms with Crippen molar-refractivity contribution in [3.05, 3.63) is 11.6 Å². The van der Waals surface area contributed by atoms with Gasteiger partial charge in [-0.05, 0) is 86.0 Å². The van der Waals surface area contributed by atoms with Gasteiger partial charge < -0.3 is 5.11 Å². The van der Waals surface area contributed by atoms with E-state index in [2.05, 4.69) is 27.7 Å². The fourth-order valence-corrected chi connectivity index (χ4v) is 8.42. The smallest absolute Gasteiger partial charge is 0.155 e. The lowest BCUT2D eigenvalue weighted by Crippen LogP contribution is -2.53. The van der Waals surface area contributed by atoms with Crippen LogP contribution in [-0.2, 0) is 9.59 Å². The molecule has 168 valence electrons. The van der Waals surface area contributed by atoms with Crippen molar-refractivity contribution in [1.29, 1.82) is 0 Å². The Morgan fingerprint density at radius 3 is 2.57 bits per heavy atom. The molecule has 0 aliphatic heterocycles. The monoisotopic (exact) mass is 414 g/mol. The van der Waals surface area contributed by atoms with Crippen LogP contribution in [0.5, 0.6) is 0 Å². The Labute approximate surface area is 183 Å². The topological polar surface area (TPSA) is 54.4 Å². The van der Waals surface area contributed by atoms with Crippen molar-refractivity contribution in [3.8, 4) is 0 Å². The van der Waals surface area contributed by atoms with Gasteiger partial charge in [0.15, 0.2) is 5.78 Å². The van der Waals surface area contributed by atoms with Crippen LogP contribution in [0.4, 0.5) is 0 Å². The quantitative estimate of drug-likeness (QED) is 0.610. The number of allylic oxidation sites excluding steroid dienone is 1. The van der Waals surface area contributed by atoms with Gasteiger partial charge in [0.25, 0.3) is 0 Å². The van der Waals surface area contributed by atoms with E-state index in [1.165, 1.54) is 5.57 Å². The van der Waals surface area contributed by atoms with Crippen molar-refractivity contribution in [2.75, 3.05) is 0 Å². The van der Waals surface area contributed by atoms with Gasteiger partial charge in [0, 0.05) is 12.8 Å². The highest BCUT2D eigenvalue weighted by Crippen LogP contribution is 2.67. The first-order chi connectivity index (χ1) is 14.0. The molecule has 3 heteroatoms. The Morgan fingerprint density at radius 1 is 1.13 bits per heavy atom. The summed E-state index contributed by atoms with van der Waals surface area (Å²) in [6.45, 7) is 11.1. The van der Waals surface area contributed by atoms with E-state index >= 15 is 0 Å². The van der Waals surface area contributed by atoms with E-state index in [0.29, 0.717) is 48.1 Å². The molecule has 3 fully saturated rings. The highest BCUT2D eigenvalue weighted by atomic mass is 16.3. The summed E-state index contributed by atoms with van der Waals surface area (Å²) in [7, 11) is 0. The van der Waals surface area contributed by atoms with E-state index in [0.717, 1.165) is 51.4 Å². The normalized spacial score (nSPS) is 43.0. The Bertz CT molecular complexity index is 747. The molecule has 0 radical (unpaired) electrons. The number of hydrogen-bond acceptors (Lipinski definition) is 3. The highest BCUT2D eigenvalue weighted by Gasteiger charge is 2.64. The number of carbonyl (C=O) groups excluding carboxylic acids is 2. The molecule has 0 aromatic rings. The van der Waals surface area contributed by atoms with Crippen LogP contribution >= 0.6 is 0 Å². The molecule has 1 unspecified atom stereocenters. The molecule has 0 amide bonds. The summed E-state index contributed by atoms with van der Waals surface area (Å²) in [5, 5.41) is 11.5. The van der Waals surface area contributed by atoms with E-state index in [4.69, 9.17) is 0 Å².